The molecular weight excluding hydrogens is 266 g/mol. The SMILES string of the molecule is COCCN(CCC(=N)N)Cc1c(Cl)c(C)nn1C. The largest absolute Gasteiger partial charge is 0.388 e. The Balaban J connectivity index is 2.72. The van der Waals surface area contributed by atoms with E-state index in [-0.39, 0.29) is 5.84 Å². The molecule has 1 heterocycles. The molecule has 0 radical (unpaired) electrons. The molecule has 0 fully saturated rings. The molecule has 7 heteroatoms. The molecule has 0 spiro atoms. The Bertz CT molecular complexity index is 432. The van der Waals surface area contributed by atoms with Crippen LogP contribution in [0.15, 0.2) is 0 Å². The maximum Gasteiger partial charge on any atom is 0.0918 e. The zero-order valence-corrected chi connectivity index (χ0v) is 12.5. The quantitative estimate of drug-likeness (QED) is 0.555. The normalized spacial score (nSPS) is 11.2. The summed E-state index contributed by atoms with van der Waals surface area (Å²) in [6.07, 6.45) is 0.540. The second-order valence-corrected chi connectivity index (χ2v) is 4.89. The lowest BCUT2D eigenvalue weighted by molar-refractivity contribution is 0.144. The molecule has 0 aliphatic heterocycles. The second kappa shape index (κ2) is 7.47. The van der Waals surface area contributed by atoms with Crippen LogP contribution in [0.25, 0.3) is 0 Å². The van der Waals surface area contributed by atoms with Crippen molar-refractivity contribution in [3.05, 3.63) is 16.4 Å². The van der Waals surface area contributed by atoms with E-state index in [0.717, 1.165) is 17.9 Å². The predicted octanol–water partition coefficient (Wildman–Crippen LogP) is 1.16. The third kappa shape index (κ3) is 4.81. The van der Waals surface area contributed by atoms with E-state index >= 15 is 0 Å². The molecule has 108 valence electrons. The minimum atomic E-state index is 0.190. The summed E-state index contributed by atoms with van der Waals surface area (Å²) in [6.45, 7) is 4.67. The number of amidine groups is 1. The van der Waals surface area contributed by atoms with Gasteiger partial charge in [-0.15, -0.1) is 0 Å². The highest BCUT2D eigenvalue weighted by Crippen LogP contribution is 2.20. The number of aromatic nitrogens is 2. The van der Waals surface area contributed by atoms with Crippen LogP contribution in [0.5, 0.6) is 0 Å². The fourth-order valence-electron chi connectivity index (χ4n) is 1.83. The maximum absolute atomic E-state index is 7.31. The van der Waals surface area contributed by atoms with Crippen molar-refractivity contribution in [3.63, 3.8) is 0 Å². The monoisotopic (exact) mass is 287 g/mol. The number of methoxy groups -OCH3 is 1. The highest BCUT2D eigenvalue weighted by atomic mass is 35.5. The van der Waals surface area contributed by atoms with Crippen LogP contribution in [-0.4, -0.2) is 47.3 Å². The van der Waals surface area contributed by atoms with Crippen LogP contribution in [0, 0.1) is 12.3 Å². The first-order chi connectivity index (χ1) is 8.95. The van der Waals surface area contributed by atoms with Gasteiger partial charge < -0.3 is 10.5 Å². The molecule has 0 aromatic carbocycles. The minimum Gasteiger partial charge on any atom is -0.388 e. The summed E-state index contributed by atoms with van der Waals surface area (Å²) >= 11 is 6.25. The van der Waals surface area contributed by atoms with Gasteiger partial charge in [0.25, 0.3) is 0 Å². The first-order valence-corrected chi connectivity index (χ1v) is 6.55. The minimum absolute atomic E-state index is 0.190. The van der Waals surface area contributed by atoms with Gasteiger partial charge in [0.1, 0.15) is 0 Å². The molecular formula is C12H22ClN5O. The number of ether oxygens (including phenoxy) is 1. The number of nitrogens with two attached hydrogens (primary N) is 1. The summed E-state index contributed by atoms with van der Waals surface area (Å²) in [5, 5.41) is 12.3. The zero-order chi connectivity index (χ0) is 14.4. The van der Waals surface area contributed by atoms with Gasteiger partial charge >= 0.3 is 0 Å². The number of nitrogens with zero attached hydrogens (tertiary/aromatic N) is 3. The maximum atomic E-state index is 7.31. The van der Waals surface area contributed by atoms with Crippen LogP contribution in [0.3, 0.4) is 0 Å². The highest BCUT2D eigenvalue weighted by molar-refractivity contribution is 6.31. The van der Waals surface area contributed by atoms with E-state index in [4.69, 9.17) is 27.5 Å². The summed E-state index contributed by atoms with van der Waals surface area (Å²) in [6, 6.07) is 0. The molecule has 0 saturated carbocycles. The Morgan fingerprint density at radius 3 is 2.68 bits per heavy atom. The summed E-state index contributed by atoms with van der Waals surface area (Å²) < 4.78 is 6.90. The molecule has 0 bridgehead atoms. The Labute approximate surface area is 119 Å². The van der Waals surface area contributed by atoms with E-state index in [0.29, 0.717) is 31.1 Å². The van der Waals surface area contributed by atoms with Gasteiger partial charge in [-0.05, 0) is 6.92 Å². The Hall–Kier alpha value is -1.11. The van der Waals surface area contributed by atoms with Crippen LogP contribution < -0.4 is 5.73 Å². The fraction of sp³-hybridized carbons (Fsp3) is 0.667. The van der Waals surface area contributed by atoms with Gasteiger partial charge in [0.2, 0.25) is 0 Å². The molecule has 0 unspecified atom stereocenters. The average Bonchev–Trinajstić information content (AvgIpc) is 2.58. The van der Waals surface area contributed by atoms with Crippen molar-refractivity contribution in [3.8, 4) is 0 Å². The van der Waals surface area contributed by atoms with Crippen molar-refractivity contribution in [2.45, 2.75) is 19.9 Å². The summed E-state index contributed by atoms with van der Waals surface area (Å²) in [5.74, 6) is 0.190. The van der Waals surface area contributed by atoms with Crippen molar-refractivity contribution in [2.75, 3.05) is 26.8 Å². The van der Waals surface area contributed by atoms with Crippen molar-refractivity contribution in [2.24, 2.45) is 12.8 Å². The standard InChI is InChI=1S/C12H22ClN5O/c1-9-12(13)10(17(2)16-9)8-18(6-7-19-3)5-4-11(14)15/h4-8H2,1-3H3,(H3,14,15). The number of halogens is 1. The molecule has 0 amide bonds. The lowest BCUT2D eigenvalue weighted by Gasteiger charge is -2.21. The predicted molar refractivity (Wildman–Crippen MR) is 76.6 cm³/mol. The topological polar surface area (TPSA) is 80.2 Å². The van der Waals surface area contributed by atoms with Gasteiger partial charge in [0.15, 0.2) is 0 Å². The molecule has 1 aromatic rings. The summed E-state index contributed by atoms with van der Waals surface area (Å²) in [5.41, 5.74) is 7.21. The molecule has 3 N–H and O–H groups in total. The van der Waals surface area contributed by atoms with Crippen LogP contribution in [-0.2, 0) is 18.3 Å². The van der Waals surface area contributed by atoms with E-state index in [2.05, 4.69) is 10.00 Å². The van der Waals surface area contributed by atoms with E-state index < -0.39 is 0 Å². The number of hydrogen-bond acceptors (Lipinski definition) is 4. The molecule has 0 saturated heterocycles. The third-order valence-corrected chi connectivity index (χ3v) is 3.44. The Kier molecular flexibility index (Phi) is 6.27. The molecule has 0 aliphatic rings. The Morgan fingerprint density at radius 2 is 2.21 bits per heavy atom. The zero-order valence-electron chi connectivity index (χ0n) is 11.7. The average molecular weight is 288 g/mol. The van der Waals surface area contributed by atoms with Crippen LogP contribution in [0.2, 0.25) is 5.02 Å². The van der Waals surface area contributed by atoms with Crippen LogP contribution >= 0.6 is 11.6 Å². The number of hydrogen-bond donors (Lipinski definition) is 2. The lowest BCUT2D eigenvalue weighted by Crippen LogP contribution is -2.31. The molecule has 0 atom stereocenters. The van der Waals surface area contributed by atoms with Gasteiger partial charge in [-0.3, -0.25) is 15.0 Å². The third-order valence-electron chi connectivity index (χ3n) is 2.94. The molecule has 6 nitrogen and oxygen atoms in total. The van der Waals surface area contributed by atoms with Gasteiger partial charge in [0.05, 0.1) is 28.9 Å². The van der Waals surface area contributed by atoms with Gasteiger partial charge in [-0.1, -0.05) is 11.6 Å². The first-order valence-electron chi connectivity index (χ1n) is 6.17. The second-order valence-electron chi connectivity index (χ2n) is 4.51. The van der Waals surface area contributed by atoms with E-state index in [9.17, 15) is 0 Å². The summed E-state index contributed by atoms with van der Waals surface area (Å²) in [7, 11) is 3.55. The number of nitrogens with one attached hydrogen (secondary N) is 1. The van der Waals surface area contributed by atoms with Gasteiger partial charge in [0, 0.05) is 40.2 Å². The fourth-order valence-corrected chi connectivity index (χ4v) is 2.05. The smallest absolute Gasteiger partial charge is 0.0918 e. The van der Waals surface area contributed by atoms with Crippen molar-refractivity contribution in [1.82, 2.24) is 14.7 Å². The van der Waals surface area contributed by atoms with E-state index in [1.165, 1.54) is 0 Å². The molecule has 19 heavy (non-hydrogen) atoms. The molecule has 1 rings (SSSR count). The van der Waals surface area contributed by atoms with Crippen molar-refractivity contribution < 1.29 is 4.74 Å². The van der Waals surface area contributed by atoms with Gasteiger partial charge in [-0.2, -0.15) is 5.10 Å². The summed E-state index contributed by atoms with van der Waals surface area (Å²) in [4.78, 5) is 2.16. The van der Waals surface area contributed by atoms with Crippen molar-refractivity contribution >= 4 is 17.4 Å². The lowest BCUT2D eigenvalue weighted by atomic mass is 10.3. The van der Waals surface area contributed by atoms with E-state index in [1.807, 2.05) is 14.0 Å². The Morgan fingerprint density at radius 1 is 1.53 bits per heavy atom. The van der Waals surface area contributed by atoms with Crippen LogP contribution in [0.1, 0.15) is 17.8 Å². The molecule has 0 aliphatic carbocycles. The van der Waals surface area contributed by atoms with Gasteiger partial charge in [-0.25, -0.2) is 0 Å². The van der Waals surface area contributed by atoms with E-state index in [1.54, 1.807) is 11.8 Å². The number of aryl methyl sites for hydroxylation is 2. The number of rotatable bonds is 8. The molecule has 1 aromatic heterocycles. The van der Waals surface area contributed by atoms with Crippen LogP contribution in [0.4, 0.5) is 0 Å². The first kappa shape index (κ1) is 15.9. The highest BCUT2D eigenvalue weighted by Gasteiger charge is 2.15. The van der Waals surface area contributed by atoms with Crippen molar-refractivity contribution in [1.29, 1.82) is 5.41 Å².